The second-order valence-corrected chi connectivity index (χ2v) is 8.99. The molecule has 4 nitrogen and oxygen atoms in total. The molecule has 1 aromatic rings. The minimum atomic E-state index is -1.51. The molecule has 0 fully saturated rings. The maximum Gasteiger partial charge on any atom is 0.234 e. The fraction of sp³-hybridized carbons (Fsp3) is 0.409. The standard InChI is InChI=1S/C22H22ClNO3/c1-6-21(4)15(23)10-13-18(26)22(21,11-25)12-8-7-9-14-16(12)17(20(13,2)3)19(27)24(14)5/h6-11,13,17H,1H2,2-5H3/t13-,17+,21+,22-/m0/s1. The predicted octanol–water partition coefficient (Wildman–Crippen LogP) is 3.74. The Bertz CT molecular complexity index is 962. The van der Waals surface area contributed by atoms with Gasteiger partial charge in [0, 0.05) is 29.1 Å². The van der Waals surface area contributed by atoms with E-state index in [1.54, 1.807) is 43.2 Å². The molecular formula is C22H22ClNO3. The summed E-state index contributed by atoms with van der Waals surface area (Å²) in [5, 5.41) is 0.417. The largest absolute Gasteiger partial charge is 0.315 e. The molecule has 3 aliphatic rings. The topological polar surface area (TPSA) is 54.5 Å². The molecule has 4 rings (SSSR count). The molecule has 0 N–H and O–H groups in total. The van der Waals surface area contributed by atoms with Gasteiger partial charge in [0.1, 0.15) is 11.7 Å². The predicted molar refractivity (Wildman–Crippen MR) is 105 cm³/mol. The third kappa shape index (κ3) is 1.73. The van der Waals surface area contributed by atoms with Gasteiger partial charge in [-0.3, -0.25) is 9.59 Å². The SMILES string of the molecule is C=C[C@]1(C)C(Cl)=C[C@H]2C(=O)[C@]1(C=O)c1cccc3c1[C@H](C(=O)N3C)C2(C)C. The van der Waals surface area contributed by atoms with Crippen molar-refractivity contribution in [3.63, 3.8) is 0 Å². The summed E-state index contributed by atoms with van der Waals surface area (Å²) < 4.78 is 0. The molecule has 0 spiro atoms. The second-order valence-electron chi connectivity index (χ2n) is 8.58. The molecule has 1 heterocycles. The van der Waals surface area contributed by atoms with E-state index in [1.807, 2.05) is 19.9 Å². The number of fused-ring (bicyclic) bond motifs is 3. The third-order valence-corrected chi connectivity index (χ3v) is 7.68. The van der Waals surface area contributed by atoms with E-state index in [0.717, 1.165) is 17.5 Å². The molecule has 0 saturated carbocycles. The summed E-state index contributed by atoms with van der Waals surface area (Å²) in [6, 6.07) is 5.45. The van der Waals surface area contributed by atoms with Crippen LogP contribution in [0.3, 0.4) is 0 Å². The number of aldehydes is 1. The number of amides is 1. The molecule has 4 atom stereocenters. The first-order valence-electron chi connectivity index (χ1n) is 9.02. The summed E-state index contributed by atoms with van der Waals surface area (Å²) >= 11 is 6.68. The van der Waals surface area contributed by atoms with Crippen LogP contribution in [0.4, 0.5) is 5.69 Å². The van der Waals surface area contributed by atoms with Gasteiger partial charge in [0.2, 0.25) is 5.91 Å². The Kier molecular flexibility index (Phi) is 3.50. The van der Waals surface area contributed by atoms with Crippen LogP contribution < -0.4 is 4.90 Å². The molecular weight excluding hydrogens is 362 g/mol. The van der Waals surface area contributed by atoms with Crippen molar-refractivity contribution in [2.75, 3.05) is 11.9 Å². The van der Waals surface area contributed by atoms with Crippen molar-refractivity contribution in [1.82, 2.24) is 0 Å². The molecule has 140 valence electrons. The quantitative estimate of drug-likeness (QED) is 0.444. The normalized spacial score (nSPS) is 36.0. The van der Waals surface area contributed by atoms with Crippen molar-refractivity contribution in [3.8, 4) is 0 Å². The van der Waals surface area contributed by atoms with Crippen LogP contribution in [0.5, 0.6) is 0 Å². The first kappa shape index (κ1) is 18.2. The molecule has 1 aliphatic heterocycles. The van der Waals surface area contributed by atoms with Crippen molar-refractivity contribution in [2.45, 2.75) is 32.1 Å². The van der Waals surface area contributed by atoms with Crippen LogP contribution in [0, 0.1) is 16.7 Å². The van der Waals surface area contributed by atoms with Crippen LogP contribution in [0.1, 0.15) is 37.8 Å². The number of likely N-dealkylation sites (N-methyl/N-ethyl adjacent to an activating group) is 1. The monoisotopic (exact) mass is 383 g/mol. The van der Waals surface area contributed by atoms with E-state index < -0.39 is 28.1 Å². The highest BCUT2D eigenvalue weighted by Gasteiger charge is 2.67. The summed E-state index contributed by atoms with van der Waals surface area (Å²) in [6.07, 6.45) is 4.03. The number of halogens is 1. The van der Waals surface area contributed by atoms with Crippen LogP contribution >= 0.6 is 11.6 Å². The minimum absolute atomic E-state index is 0.0614. The first-order valence-corrected chi connectivity index (χ1v) is 9.40. The van der Waals surface area contributed by atoms with Gasteiger partial charge in [-0.1, -0.05) is 49.7 Å². The van der Waals surface area contributed by atoms with Gasteiger partial charge in [0.25, 0.3) is 0 Å². The van der Waals surface area contributed by atoms with Gasteiger partial charge >= 0.3 is 0 Å². The van der Waals surface area contributed by atoms with E-state index in [0.29, 0.717) is 10.6 Å². The van der Waals surface area contributed by atoms with Crippen LogP contribution in [0.2, 0.25) is 0 Å². The number of anilines is 1. The summed E-state index contributed by atoms with van der Waals surface area (Å²) in [4.78, 5) is 41.4. The lowest BCUT2D eigenvalue weighted by Gasteiger charge is -2.48. The van der Waals surface area contributed by atoms with E-state index in [1.165, 1.54) is 0 Å². The molecule has 0 saturated heterocycles. The molecule has 27 heavy (non-hydrogen) atoms. The first-order chi connectivity index (χ1) is 12.6. The number of hydrogen-bond donors (Lipinski definition) is 0. The van der Waals surface area contributed by atoms with E-state index in [2.05, 4.69) is 6.58 Å². The van der Waals surface area contributed by atoms with Gasteiger partial charge in [-0.2, -0.15) is 0 Å². The van der Waals surface area contributed by atoms with E-state index in [4.69, 9.17) is 11.6 Å². The molecule has 1 aromatic carbocycles. The number of carbonyl (C=O) groups excluding carboxylic acids is 3. The van der Waals surface area contributed by atoms with Gasteiger partial charge in [-0.15, -0.1) is 6.58 Å². The highest BCUT2D eigenvalue weighted by Crippen LogP contribution is 2.64. The zero-order valence-electron chi connectivity index (χ0n) is 15.9. The van der Waals surface area contributed by atoms with Crippen LogP contribution in [-0.4, -0.2) is 25.0 Å². The number of benzene rings is 1. The lowest BCUT2D eigenvalue weighted by Crippen LogP contribution is -2.57. The van der Waals surface area contributed by atoms with Crippen molar-refractivity contribution < 1.29 is 14.4 Å². The van der Waals surface area contributed by atoms with Gasteiger partial charge in [0.15, 0.2) is 5.78 Å². The van der Waals surface area contributed by atoms with Crippen molar-refractivity contribution in [3.05, 3.63) is 53.1 Å². The van der Waals surface area contributed by atoms with Crippen molar-refractivity contribution >= 4 is 35.3 Å². The number of ketones is 1. The summed E-state index contributed by atoms with van der Waals surface area (Å²) in [5.41, 5.74) is -1.21. The highest BCUT2D eigenvalue weighted by molar-refractivity contribution is 6.32. The lowest BCUT2D eigenvalue weighted by molar-refractivity contribution is -0.138. The molecule has 0 aromatic heterocycles. The molecule has 2 bridgehead atoms. The van der Waals surface area contributed by atoms with E-state index in [9.17, 15) is 14.4 Å². The molecule has 2 aliphatic carbocycles. The van der Waals surface area contributed by atoms with Crippen LogP contribution in [0.25, 0.3) is 0 Å². The Hall–Kier alpha value is -2.20. The lowest BCUT2D eigenvalue weighted by atomic mass is 9.53. The van der Waals surface area contributed by atoms with E-state index >= 15 is 0 Å². The number of carbonyl (C=O) groups is 3. The van der Waals surface area contributed by atoms with Gasteiger partial charge in [-0.05, 0) is 29.5 Å². The zero-order chi connectivity index (χ0) is 19.9. The summed E-state index contributed by atoms with van der Waals surface area (Å²) in [7, 11) is 1.74. The fourth-order valence-electron chi connectivity index (χ4n) is 5.35. The minimum Gasteiger partial charge on any atom is -0.315 e. The summed E-state index contributed by atoms with van der Waals surface area (Å²) in [6.45, 7) is 9.49. The Morgan fingerprint density at radius 1 is 1.22 bits per heavy atom. The molecule has 5 heteroatoms. The van der Waals surface area contributed by atoms with Gasteiger partial charge in [0.05, 0.1) is 5.92 Å². The Labute approximate surface area is 163 Å². The Morgan fingerprint density at radius 2 is 1.89 bits per heavy atom. The number of allylic oxidation sites excluding steroid dienone is 3. The van der Waals surface area contributed by atoms with E-state index in [-0.39, 0.29) is 11.7 Å². The van der Waals surface area contributed by atoms with Crippen molar-refractivity contribution in [1.29, 1.82) is 0 Å². The number of rotatable bonds is 2. The Balaban J connectivity index is 2.25. The smallest absolute Gasteiger partial charge is 0.234 e. The third-order valence-electron chi connectivity index (χ3n) is 7.17. The molecule has 1 amide bonds. The summed E-state index contributed by atoms with van der Waals surface area (Å²) in [5.74, 6) is -1.44. The average molecular weight is 384 g/mol. The zero-order valence-corrected chi connectivity index (χ0v) is 16.6. The number of Topliss-reactive ketones (excluding diaryl/α,β-unsaturated/α-hetero) is 1. The average Bonchev–Trinajstić information content (AvgIpc) is 2.88. The Morgan fingerprint density at radius 3 is 2.48 bits per heavy atom. The second kappa shape index (κ2) is 5.20. The van der Waals surface area contributed by atoms with Crippen LogP contribution in [0.15, 0.2) is 42.0 Å². The fourth-order valence-corrected chi connectivity index (χ4v) is 5.70. The molecule has 0 unspecified atom stereocenters. The molecule has 0 radical (unpaired) electrons. The van der Waals surface area contributed by atoms with Crippen molar-refractivity contribution in [2.24, 2.45) is 16.7 Å². The maximum atomic E-state index is 13.8. The number of nitrogens with zero attached hydrogens (tertiary/aromatic N) is 1. The van der Waals surface area contributed by atoms with Gasteiger partial charge in [-0.25, -0.2) is 0 Å². The van der Waals surface area contributed by atoms with Gasteiger partial charge < -0.3 is 9.69 Å². The highest BCUT2D eigenvalue weighted by atomic mass is 35.5. The maximum absolute atomic E-state index is 13.8. The van der Waals surface area contributed by atoms with Crippen LogP contribution in [-0.2, 0) is 19.8 Å². The number of hydrogen-bond acceptors (Lipinski definition) is 3.